The van der Waals surface area contributed by atoms with Crippen LogP contribution in [0.4, 0.5) is 0 Å². The lowest BCUT2D eigenvalue weighted by molar-refractivity contribution is -0.0454. The fourth-order valence-corrected chi connectivity index (χ4v) is 3.49. The van der Waals surface area contributed by atoms with Gasteiger partial charge in [-0.2, -0.15) is 0 Å². The summed E-state index contributed by atoms with van der Waals surface area (Å²) >= 11 is 0. The van der Waals surface area contributed by atoms with Gasteiger partial charge in [0.1, 0.15) is 6.10 Å². The zero-order valence-electron chi connectivity index (χ0n) is 11.3. The molecule has 1 N–H and O–H groups in total. The number of hydrogen-bond acceptors (Lipinski definition) is 3. The Morgan fingerprint density at radius 1 is 1.25 bits per heavy atom. The molecule has 4 heteroatoms. The smallest absolute Gasteiger partial charge is 0.340 e. The van der Waals surface area contributed by atoms with E-state index in [1.807, 2.05) is 24.3 Å². The van der Waals surface area contributed by atoms with Gasteiger partial charge in [-0.25, -0.2) is 4.79 Å². The maximum absolute atomic E-state index is 12.4. The number of aromatic amines is 1. The summed E-state index contributed by atoms with van der Waals surface area (Å²) in [6.45, 7) is 3.22. The van der Waals surface area contributed by atoms with Crippen LogP contribution >= 0.6 is 0 Å². The zero-order valence-corrected chi connectivity index (χ0v) is 11.3. The summed E-state index contributed by atoms with van der Waals surface area (Å²) in [5.74, 6) is 0.357. The van der Waals surface area contributed by atoms with E-state index < -0.39 is 0 Å². The number of H-pyrrole nitrogens is 1. The van der Waals surface area contributed by atoms with Gasteiger partial charge in [-0.1, -0.05) is 18.2 Å². The first-order chi connectivity index (χ1) is 9.81. The Balaban J connectivity index is 1.56. The highest BCUT2D eigenvalue weighted by Crippen LogP contribution is 2.30. The molecular weight excluding hydrogens is 252 g/mol. The molecule has 4 heterocycles. The monoisotopic (exact) mass is 270 g/mol. The topological polar surface area (TPSA) is 45.3 Å². The van der Waals surface area contributed by atoms with Crippen molar-refractivity contribution in [1.82, 2.24) is 9.88 Å². The van der Waals surface area contributed by atoms with Gasteiger partial charge in [-0.15, -0.1) is 0 Å². The van der Waals surface area contributed by atoms with E-state index in [1.165, 1.54) is 0 Å². The number of esters is 1. The Morgan fingerprint density at radius 2 is 2.05 bits per heavy atom. The van der Waals surface area contributed by atoms with Crippen molar-refractivity contribution in [1.29, 1.82) is 0 Å². The molecular formula is C16H18N2O2. The predicted molar refractivity (Wildman–Crippen MR) is 76.7 cm³/mol. The molecule has 3 fully saturated rings. The Hall–Kier alpha value is -1.81. The molecule has 3 aliphatic rings. The molecule has 2 aromatic rings. The fraction of sp³-hybridized carbons (Fsp3) is 0.438. The molecule has 1 atom stereocenters. The molecule has 0 saturated carbocycles. The lowest BCUT2D eigenvalue weighted by atomic mass is 9.86. The van der Waals surface area contributed by atoms with Gasteiger partial charge in [-0.05, 0) is 37.9 Å². The molecule has 0 radical (unpaired) electrons. The Labute approximate surface area is 117 Å². The lowest BCUT2D eigenvalue weighted by Crippen LogP contribution is -2.51. The molecule has 4 nitrogen and oxygen atoms in total. The second-order valence-corrected chi connectivity index (χ2v) is 5.83. The van der Waals surface area contributed by atoms with Crippen molar-refractivity contribution in [2.45, 2.75) is 18.9 Å². The van der Waals surface area contributed by atoms with E-state index in [4.69, 9.17) is 4.74 Å². The van der Waals surface area contributed by atoms with Gasteiger partial charge in [0.2, 0.25) is 0 Å². The van der Waals surface area contributed by atoms with Crippen LogP contribution in [0.3, 0.4) is 0 Å². The van der Waals surface area contributed by atoms with Crippen LogP contribution in [0.25, 0.3) is 10.9 Å². The third kappa shape index (κ3) is 1.91. The second-order valence-electron chi connectivity index (χ2n) is 5.83. The van der Waals surface area contributed by atoms with Crippen molar-refractivity contribution in [3.05, 3.63) is 36.0 Å². The summed E-state index contributed by atoms with van der Waals surface area (Å²) in [6.07, 6.45) is 4.14. The van der Waals surface area contributed by atoms with E-state index in [1.54, 1.807) is 6.20 Å². The quantitative estimate of drug-likeness (QED) is 0.852. The highest BCUT2D eigenvalue weighted by atomic mass is 16.5. The number of rotatable bonds is 2. The van der Waals surface area contributed by atoms with Crippen LogP contribution in [0.1, 0.15) is 23.2 Å². The fourth-order valence-electron chi connectivity index (χ4n) is 3.49. The van der Waals surface area contributed by atoms with E-state index in [2.05, 4.69) is 9.88 Å². The Kier molecular flexibility index (Phi) is 2.77. The third-order valence-corrected chi connectivity index (χ3v) is 4.66. The molecule has 3 aliphatic heterocycles. The molecule has 3 saturated heterocycles. The Bertz CT molecular complexity index is 641. The first-order valence-corrected chi connectivity index (χ1v) is 7.31. The molecule has 20 heavy (non-hydrogen) atoms. The lowest BCUT2D eigenvalue weighted by Gasteiger charge is -2.43. The van der Waals surface area contributed by atoms with Gasteiger partial charge in [-0.3, -0.25) is 4.90 Å². The van der Waals surface area contributed by atoms with Crippen LogP contribution in [-0.2, 0) is 4.74 Å². The maximum atomic E-state index is 12.4. The molecule has 5 rings (SSSR count). The summed E-state index contributed by atoms with van der Waals surface area (Å²) in [6, 6.07) is 7.84. The van der Waals surface area contributed by atoms with Gasteiger partial charge in [0.05, 0.1) is 5.56 Å². The van der Waals surface area contributed by atoms with E-state index >= 15 is 0 Å². The minimum atomic E-state index is -0.193. The van der Waals surface area contributed by atoms with Crippen molar-refractivity contribution in [3.8, 4) is 0 Å². The van der Waals surface area contributed by atoms with Crippen LogP contribution in [0.2, 0.25) is 0 Å². The van der Waals surface area contributed by atoms with Crippen LogP contribution in [0.15, 0.2) is 30.5 Å². The van der Waals surface area contributed by atoms with Gasteiger partial charge < -0.3 is 9.72 Å². The first kappa shape index (κ1) is 12.0. The van der Waals surface area contributed by atoms with E-state index in [0.717, 1.165) is 43.4 Å². The van der Waals surface area contributed by atoms with Gasteiger partial charge >= 0.3 is 5.97 Å². The number of para-hydroxylation sites is 1. The standard InChI is InChI=1S/C16H18N2O2/c19-16(13-9-17-14-4-2-1-3-12(13)14)20-15-10-18-7-5-11(15)6-8-18/h1-4,9,11,15,17H,5-8,10H2. The van der Waals surface area contributed by atoms with Crippen molar-refractivity contribution >= 4 is 16.9 Å². The predicted octanol–water partition coefficient (Wildman–Crippen LogP) is 2.42. The SMILES string of the molecule is O=C(OC1CN2CCC1CC2)c1c[nH]c2ccccc12. The zero-order chi connectivity index (χ0) is 13.5. The molecule has 104 valence electrons. The van der Waals surface area contributed by atoms with Crippen molar-refractivity contribution in [3.63, 3.8) is 0 Å². The number of carbonyl (C=O) groups is 1. The van der Waals surface area contributed by atoms with Crippen LogP contribution in [0.5, 0.6) is 0 Å². The summed E-state index contributed by atoms with van der Waals surface area (Å²) < 4.78 is 5.78. The Morgan fingerprint density at radius 3 is 2.80 bits per heavy atom. The number of aromatic nitrogens is 1. The molecule has 1 aromatic carbocycles. The average Bonchev–Trinajstić information content (AvgIpc) is 2.92. The maximum Gasteiger partial charge on any atom is 0.340 e. The van der Waals surface area contributed by atoms with Crippen LogP contribution in [0, 0.1) is 5.92 Å². The molecule has 1 aromatic heterocycles. The van der Waals surface area contributed by atoms with Gasteiger partial charge in [0.25, 0.3) is 0 Å². The number of nitrogens with zero attached hydrogens (tertiary/aromatic N) is 1. The van der Waals surface area contributed by atoms with Gasteiger partial charge in [0.15, 0.2) is 0 Å². The summed E-state index contributed by atoms with van der Waals surface area (Å²) in [5, 5.41) is 0.943. The molecule has 0 spiro atoms. The second kappa shape index (κ2) is 4.63. The number of benzene rings is 1. The minimum absolute atomic E-state index is 0.0682. The summed E-state index contributed by atoms with van der Waals surface area (Å²) in [4.78, 5) is 17.9. The van der Waals surface area contributed by atoms with Crippen LogP contribution in [-0.4, -0.2) is 41.6 Å². The number of fused-ring (bicyclic) bond motifs is 4. The van der Waals surface area contributed by atoms with Gasteiger partial charge in [0, 0.05) is 23.6 Å². The third-order valence-electron chi connectivity index (χ3n) is 4.66. The highest BCUT2D eigenvalue weighted by molar-refractivity contribution is 6.04. The first-order valence-electron chi connectivity index (χ1n) is 7.31. The number of piperidine rings is 3. The van der Waals surface area contributed by atoms with E-state index in [-0.39, 0.29) is 12.1 Å². The van der Waals surface area contributed by atoms with Crippen molar-refractivity contribution < 1.29 is 9.53 Å². The number of ether oxygens (including phenoxy) is 1. The highest BCUT2D eigenvalue weighted by Gasteiger charge is 2.36. The summed E-state index contributed by atoms with van der Waals surface area (Å²) in [5.41, 5.74) is 1.63. The van der Waals surface area contributed by atoms with Crippen molar-refractivity contribution in [2.24, 2.45) is 5.92 Å². The minimum Gasteiger partial charge on any atom is -0.457 e. The molecule has 1 unspecified atom stereocenters. The largest absolute Gasteiger partial charge is 0.457 e. The van der Waals surface area contributed by atoms with Crippen LogP contribution < -0.4 is 0 Å². The molecule has 0 amide bonds. The number of carbonyl (C=O) groups excluding carboxylic acids is 1. The molecule has 2 bridgehead atoms. The average molecular weight is 270 g/mol. The summed E-state index contributed by atoms with van der Waals surface area (Å²) in [7, 11) is 0. The van der Waals surface area contributed by atoms with Crippen molar-refractivity contribution in [2.75, 3.05) is 19.6 Å². The normalized spacial score (nSPS) is 28.7. The molecule has 0 aliphatic carbocycles. The number of hydrogen-bond donors (Lipinski definition) is 1. The number of nitrogens with one attached hydrogen (secondary N) is 1. The van der Waals surface area contributed by atoms with E-state index in [0.29, 0.717) is 11.5 Å². The van der Waals surface area contributed by atoms with E-state index in [9.17, 15) is 4.79 Å².